The highest BCUT2D eigenvalue weighted by Crippen LogP contribution is 2.44. The third-order valence-corrected chi connectivity index (χ3v) is 3.26. The van der Waals surface area contributed by atoms with Gasteiger partial charge in [0.2, 0.25) is 0 Å². The first-order chi connectivity index (χ1) is 7.14. The van der Waals surface area contributed by atoms with E-state index in [1.165, 1.54) is 0 Å². The molecule has 0 spiro atoms. The molecule has 0 saturated heterocycles. The van der Waals surface area contributed by atoms with Crippen LogP contribution in [0.4, 0.5) is 26.3 Å². The van der Waals surface area contributed by atoms with Gasteiger partial charge in [0, 0.05) is 5.33 Å². The summed E-state index contributed by atoms with van der Waals surface area (Å²) in [7, 11) is 0. The minimum Gasteiger partial charge on any atom is -0.171 e. The average molecular weight is 311 g/mol. The lowest BCUT2D eigenvalue weighted by atomic mass is 9.82. The van der Waals surface area contributed by atoms with E-state index in [9.17, 15) is 26.3 Å². The zero-order valence-electron chi connectivity index (χ0n) is 8.00. The molecule has 0 amide bonds. The van der Waals surface area contributed by atoms with Gasteiger partial charge in [-0.15, -0.1) is 0 Å². The molecular formula is C9H9BrF6. The van der Waals surface area contributed by atoms with Crippen LogP contribution in [0.15, 0.2) is 11.6 Å². The first-order valence-electron chi connectivity index (χ1n) is 4.53. The molecule has 0 radical (unpaired) electrons. The molecule has 7 heteroatoms. The van der Waals surface area contributed by atoms with E-state index in [2.05, 4.69) is 15.9 Å². The van der Waals surface area contributed by atoms with E-state index in [4.69, 9.17) is 0 Å². The minimum atomic E-state index is -4.60. The molecule has 0 bridgehead atoms. The number of alkyl halides is 7. The summed E-state index contributed by atoms with van der Waals surface area (Å²) in [5.41, 5.74) is 0.163. The van der Waals surface area contributed by atoms with Crippen molar-refractivity contribution in [2.45, 2.75) is 25.2 Å². The van der Waals surface area contributed by atoms with Crippen LogP contribution in [0.25, 0.3) is 0 Å². The van der Waals surface area contributed by atoms with Crippen LogP contribution in [-0.2, 0) is 0 Å². The Hall–Kier alpha value is -0.200. The van der Waals surface area contributed by atoms with Gasteiger partial charge in [0.15, 0.2) is 0 Å². The molecule has 1 aliphatic carbocycles. The van der Waals surface area contributed by atoms with Crippen molar-refractivity contribution >= 4 is 15.9 Å². The lowest BCUT2D eigenvalue weighted by molar-refractivity contribution is -0.205. The zero-order valence-corrected chi connectivity index (χ0v) is 9.59. The van der Waals surface area contributed by atoms with E-state index in [0.717, 1.165) is 6.08 Å². The Morgan fingerprint density at radius 1 is 1.12 bits per heavy atom. The van der Waals surface area contributed by atoms with Crippen molar-refractivity contribution in [1.82, 2.24) is 0 Å². The molecule has 0 saturated carbocycles. The normalized spacial score (nSPS) is 27.8. The molecule has 1 aliphatic rings. The summed E-state index contributed by atoms with van der Waals surface area (Å²) in [6.07, 6.45) is -9.51. The van der Waals surface area contributed by atoms with Crippen LogP contribution in [0.5, 0.6) is 0 Å². The maximum absolute atomic E-state index is 12.4. The Morgan fingerprint density at radius 3 is 2.06 bits per heavy atom. The number of hydrogen-bond donors (Lipinski definition) is 0. The topological polar surface area (TPSA) is 0 Å². The van der Waals surface area contributed by atoms with Gasteiger partial charge in [0.05, 0.1) is 11.8 Å². The molecule has 2 unspecified atom stereocenters. The lowest BCUT2D eigenvalue weighted by Crippen LogP contribution is -2.34. The van der Waals surface area contributed by atoms with Crippen molar-refractivity contribution < 1.29 is 26.3 Å². The largest absolute Gasteiger partial charge is 0.395 e. The highest BCUT2D eigenvalue weighted by atomic mass is 79.9. The molecular weight excluding hydrogens is 302 g/mol. The number of rotatable bonds is 1. The molecule has 0 heterocycles. The monoisotopic (exact) mass is 310 g/mol. The van der Waals surface area contributed by atoms with Crippen molar-refractivity contribution in [3.8, 4) is 0 Å². The fraction of sp³-hybridized carbons (Fsp3) is 0.778. The van der Waals surface area contributed by atoms with Gasteiger partial charge >= 0.3 is 12.4 Å². The van der Waals surface area contributed by atoms with Crippen LogP contribution in [0.3, 0.4) is 0 Å². The third-order valence-electron chi connectivity index (χ3n) is 2.54. The van der Waals surface area contributed by atoms with Gasteiger partial charge < -0.3 is 0 Å². The molecule has 0 aromatic heterocycles. The Kier molecular flexibility index (Phi) is 3.97. The Morgan fingerprint density at radius 2 is 1.69 bits per heavy atom. The summed E-state index contributed by atoms with van der Waals surface area (Å²) < 4.78 is 74.4. The maximum atomic E-state index is 12.4. The van der Waals surface area contributed by atoms with Crippen LogP contribution >= 0.6 is 15.9 Å². The quantitative estimate of drug-likeness (QED) is 0.381. The Labute approximate surface area is 96.8 Å². The zero-order chi connectivity index (χ0) is 12.6. The van der Waals surface area contributed by atoms with Gasteiger partial charge in [-0.25, -0.2) is 0 Å². The van der Waals surface area contributed by atoms with E-state index in [-0.39, 0.29) is 17.3 Å². The third kappa shape index (κ3) is 3.40. The number of allylic oxidation sites excluding steroid dienone is 2. The van der Waals surface area contributed by atoms with E-state index >= 15 is 0 Å². The van der Waals surface area contributed by atoms with Gasteiger partial charge in [0.1, 0.15) is 0 Å². The molecule has 0 aliphatic heterocycles. The second kappa shape index (κ2) is 4.58. The highest BCUT2D eigenvalue weighted by Gasteiger charge is 2.48. The average Bonchev–Trinajstić information content (AvgIpc) is 2.14. The van der Waals surface area contributed by atoms with Crippen LogP contribution in [-0.4, -0.2) is 17.7 Å². The van der Waals surface area contributed by atoms with E-state index in [1.54, 1.807) is 0 Å². The van der Waals surface area contributed by atoms with Crippen molar-refractivity contribution in [2.75, 3.05) is 5.33 Å². The van der Waals surface area contributed by atoms with Crippen molar-refractivity contribution in [1.29, 1.82) is 0 Å². The molecule has 16 heavy (non-hydrogen) atoms. The summed E-state index contributed by atoms with van der Waals surface area (Å²) in [6.45, 7) is 0. The lowest BCUT2D eigenvalue weighted by Gasteiger charge is -2.30. The van der Waals surface area contributed by atoms with Crippen LogP contribution in [0, 0.1) is 11.8 Å². The van der Waals surface area contributed by atoms with Crippen molar-refractivity contribution in [3.05, 3.63) is 11.6 Å². The standard InChI is InChI=1S/C9H9BrF6/c10-4-5-1-6(8(11,12)13)3-7(2-5)9(14,15)16/h1,6-7H,2-4H2. The van der Waals surface area contributed by atoms with Gasteiger partial charge in [-0.1, -0.05) is 27.6 Å². The van der Waals surface area contributed by atoms with E-state index in [0.29, 0.717) is 0 Å². The van der Waals surface area contributed by atoms with Crippen molar-refractivity contribution in [2.24, 2.45) is 11.8 Å². The molecule has 2 atom stereocenters. The maximum Gasteiger partial charge on any atom is 0.395 e. The fourth-order valence-electron chi connectivity index (χ4n) is 1.70. The molecule has 1 rings (SSSR count). The SMILES string of the molecule is FC(F)(F)C1C=C(CBr)CC(C(F)(F)F)C1. The summed E-state index contributed by atoms with van der Waals surface area (Å²) in [5, 5.41) is 0.0478. The Balaban J connectivity index is 2.90. The highest BCUT2D eigenvalue weighted by molar-refractivity contribution is 9.09. The van der Waals surface area contributed by atoms with E-state index < -0.39 is 30.6 Å². The number of hydrogen-bond acceptors (Lipinski definition) is 0. The van der Waals surface area contributed by atoms with Gasteiger partial charge in [-0.3, -0.25) is 0 Å². The summed E-state index contributed by atoms with van der Waals surface area (Å²) in [5.74, 6) is -3.88. The Bertz CT molecular complexity index is 277. The van der Waals surface area contributed by atoms with Crippen LogP contribution in [0.1, 0.15) is 12.8 Å². The fourth-order valence-corrected chi connectivity index (χ4v) is 2.12. The summed E-state index contributed by atoms with van der Waals surface area (Å²) in [4.78, 5) is 0. The summed E-state index contributed by atoms with van der Waals surface area (Å²) >= 11 is 2.90. The van der Waals surface area contributed by atoms with Gasteiger partial charge in [-0.05, 0) is 12.8 Å². The van der Waals surface area contributed by atoms with E-state index in [1.807, 2.05) is 0 Å². The second-order valence-electron chi connectivity index (χ2n) is 3.79. The molecule has 0 aromatic rings. The molecule has 0 N–H and O–H groups in total. The predicted octanol–water partition coefficient (Wildman–Crippen LogP) is 4.46. The summed E-state index contributed by atoms with van der Waals surface area (Å²) in [6, 6.07) is 0. The predicted molar refractivity (Wildman–Crippen MR) is 50.2 cm³/mol. The minimum absolute atomic E-state index is 0.0478. The molecule has 94 valence electrons. The number of halogens is 7. The molecule has 0 nitrogen and oxygen atoms in total. The molecule has 0 aromatic carbocycles. The second-order valence-corrected chi connectivity index (χ2v) is 4.35. The molecule has 0 fully saturated rings. The van der Waals surface area contributed by atoms with Gasteiger partial charge in [0.25, 0.3) is 0 Å². The van der Waals surface area contributed by atoms with Gasteiger partial charge in [-0.2, -0.15) is 26.3 Å². The van der Waals surface area contributed by atoms with Crippen LogP contribution in [0.2, 0.25) is 0 Å². The van der Waals surface area contributed by atoms with Crippen molar-refractivity contribution in [3.63, 3.8) is 0 Å². The first kappa shape index (κ1) is 13.9. The van der Waals surface area contributed by atoms with Crippen LogP contribution < -0.4 is 0 Å². The first-order valence-corrected chi connectivity index (χ1v) is 5.65. The smallest absolute Gasteiger partial charge is 0.171 e.